The summed E-state index contributed by atoms with van der Waals surface area (Å²) in [7, 11) is 0. The zero-order valence-corrected chi connectivity index (χ0v) is 12.6. The van der Waals surface area contributed by atoms with Crippen LogP contribution in [0.5, 0.6) is 0 Å². The summed E-state index contributed by atoms with van der Waals surface area (Å²) in [5.74, 6) is -0.356. The summed E-state index contributed by atoms with van der Waals surface area (Å²) in [6.45, 7) is 9.90. The molecule has 0 spiro atoms. The van der Waals surface area contributed by atoms with E-state index in [-0.39, 0.29) is 17.7 Å². The Balaban J connectivity index is 2.12. The van der Waals surface area contributed by atoms with Crippen LogP contribution in [0.25, 0.3) is 0 Å². The maximum absolute atomic E-state index is 11.6. The molecule has 1 aromatic rings. The first-order chi connectivity index (χ1) is 8.91. The summed E-state index contributed by atoms with van der Waals surface area (Å²) in [5, 5.41) is 2.60. The van der Waals surface area contributed by atoms with E-state index in [2.05, 4.69) is 23.7 Å². The number of esters is 1. The van der Waals surface area contributed by atoms with E-state index in [1.807, 2.05) is 6.92 Å². The second-order valence-corrected chi connectivity index (χ2v) is 6.14. The number of thiazole rings is 1. The van der Waals surface area contributed by atoms with Crippen molar-refractivity contribution >= 4 is 22.4 Å². The van der Waals surface area contributed by atoms with Gasteiger partial charge >= 0.3 is 5.97 Å². The minimum absolute atomic E-state index is 0.152. The monoisotopic (exact) mass is 284 g/mol. The predicted molar refractivity (Wildman–Crippen MR) is 74.9 cm³/mol. The number of rotatable bonds is 3. The highest BCUT2D eigenvalue weighted by atomic mass is 32.1. The fourth-order valence-electron chi connectivity index (χ4n) is 2.31. The highest BCUT2D eigenvalue weighted by Gasteiger charge is 2.32. The molecule has 0 aromatic carbocycles. The summed E-state index contributed by atoms with van der Waals surface area (Å²) in [4.78, 5) is 18.1. The number of morpholine rings is 1. The summed E-state index contributed by atoms with van der Waals surface area (Å²) >= 11 is 1.47. The molecule has 0 radical (unpaired) electrons. The molecule has 0 N–H and O–H groups in total. The van der Waals surface area contributed by atoms with Gasteiger partial charge in [-0.2, -0.15) is 0 Å². The van der Waals surface area contributed by atoms with Gasteiger partial charge in [-0.15, -0.1) is 11.3 Å². The second kappa shape index (κ2) is 5.46. The smallest absolute Gasteiger partial charge is 0.357 e. The standard InChI is InChI=1S/C13H20N2O3S/c1-5-17-11(16)10-7-19-12(14-10)15-6-9(2)18-13(3,4)8-15/h7,9H,5-6,8H2,1-4H3. The molecule has 1 fully saturated rings. The number of aromatic nitrogens is 1. The minimum atomic E-state index is -0.356. The molecule has 1 atom stereocenters. The van der Waals surface area contributed by atoms with Crippen molar-refractivity contribution in [3.05, 3.63) is 11.1 Å². The Morgan fingerprint density at radius 2 is 2.42 bits per heavy atom. The van der Waals surface area contributed by atoms with Crippen molar-refractivity contribution in [1.82, 2.24) is 4.98 Å². The highest BCUT2D eigenvalue weighted by molar-refractivity contribution is 7.13. The van der Waals surface area contributed by atoms with E-state index in [1.165, 1.54) is 11.3 Å². The Morgan fingerprint density at radius 3 is 3.05 bits per heavy atom. The van der Waals surface area contributed by atoms with Crippen molar-refractivity contribution in [2.45, 2.75) is 39.4 Å². The van der Waals surface area contributed by atoms with E-state index in [0.717, 1.165) is 18.2 Å². The first-order valence-corrected chi connectivity index (χ1v) is 7.34. The van der Waals surface area contributed by atoms with Gasteiger partial charge in [0.2, 0.25) is 0 Å². The lowest BCUT2D eigenvalue weighted by atomic mass is 10.1. The average molecular weight is 284 g/mol. The van der Waals surface area contributed by atoms with Gasteiger partial charge in [-0.3, -0.25) is 0 Å². The zero-order chi connectivity index (χ0) is 14.0. The van der Waals surface area contributed by atoms with Crippen LogP contribution in [0, 0.1) is 0 Å². The first-order valence-electron chi connectivity index (χ1n) is 6.46. The molecule has 0 aliphatic carbocycles. The molecule has 106 valence electrons. The van der Waals surface area contributed by atoms with Gasteiger partial charge in [0.15, 0.2) is 10.8 Å². The molecule has 1 unspecified atom stereocenters. The van der Waals surface area contributed by atoms with Gasteiger partial charge in [-0.1, -0.05) is 0 Å². The topological polar surface area (TPSA) is 51.7 Å². The van der Waals surface area contributed by atoms with Gasteiger partial charge in [0.1, 0.15) is 0 Å². The van der Waals surface area contributed by atoms with Crippen LogP contribution in [0.15, 0.2) is 5.38 Å². The Kier molecular flexibility index (Phi) is 4.10. The van der Waals surface area contributed by atoms with E-state index in [0.29, 0.717) is 12.3 Å². The normalized spacial score (nSPS) is 22.3. The Morgan fingerprint density at radius 1 is 1.68 bits per heavy atom. The molecule has 1 aliphatic heterocycles. The van der Waals surface area contributed by atoms with Gasteiger partial charge in [0, 0.05) is 18.5 Å². The van der Waals surface area contributed by atoms with Gasteiger partial charge in [-0.25, -0.2) is 9.78 Å². The maximum Gasteiger partial charge on any atom is 0.357 e. The van der Waals surface area contributed by atoms with Crippen molar-refractivity contribution in [2.24, 2.45) is 0 Å². The quantitative estimate of drug-likeness (QED) is 0.797. The van der Waals surface area contributed by atoms with E-state index >= 15 is 0 Å². The lowest BCUT2D eigenvalue weighted by molar-refractivity contribution is -0.0749. The lowest BCUT2D eigenvalue weighted by Gasteiger charge is -2.41. The lowest BCUT2D eigenvalue weighted by Crippen LogP contribution is -2.52. The third-order valence-corrected chi connectivity index (χ3v) is 3.72. The number of nitrogens with zero attached hydrogens (tertiary/aromatic N) is 2. The Labute approximate surface area is 117 Å². The van der Waals surface area contributed by atoms with Crippen molar-refractivity contribution in [3.8, 4) is 0 Å². The van der Waals surface area contributed by atoms with Crippen LogP contribution >= 0.6 is 11.3 Å². The number of hydrogen-bond donors (Lipinski definition) is 0. The fourth-order valence-corrected chi connectivity index (χ4v) is 3.11. The molecule has 5 nitrogen and oxygen atoms in total. The van der Waals surface area contributed by atoms with Gasteiger partial charge < -0.3 is 14.4 Å². The van der Waals surface area contributed by atoms with Crippen molar-refractivity contribution in [2.75, 3.05) is 24.6 Å². The number of hydrogen-bond acceptors (Lipinski definition) is 6. The van der Waals surface area contributed by atoms with Gasteiger partial charge in [-0.05, 0) is 27.7 Å². The number of carbonyl (C=O) groups is 1. The molecular formula is C13H20N2O3S. The maximum atomic E-state index is 11.6. The van der Waals surface area contributed by atoms with Crippen molar-refractivity contribution in [3.63, 3.8) is 0 Å². The molecule has 0 saturated carbocycles. The van der Waals surface area contributed by atoms with Crippen LogP contribution in [0.3, 0.4) is 0 Å². The zero-order valence-electron chi connectivity index (χ0n) is 11.8. The first kappa shape index (κ1) is 14.3. The fraction of sp³-hybridized carbons (Fsp3) is 0.692. The second-order valence-electron chi connectivity index (χ2n) is 5.30. The molecule has 1 aromatic heterocycles. The van der Waals surface area contributed by atoms with Crippen molar-refractivity contribution < 1.29 is 14.3 Å². The number of anilines is 1. The van der Waals surface area contributed by atoms with Crippen LogP contribution in [0.2, 0.25) is 0 Å². The van der Waals surface area contributed by atoms with Crippen LogP contribution in [0.1, 0.15) is 38.2 Å². The molecule has 19 heavy (non-hydrogen) atoms. The molecule has 6 heteroatoms. The van der Waals surface area contributed by atoms with Crippen LogP contribution in [-0.4, -0.2) is 42.4 Å². The van der Waals surface area contributed by atoms with E-state index < -0.39 is 0 Å². The molecule has 1 aliphatic rings. The largest absolute Gasteiger partial charge is 0.461 e. The number of ether oxygens (including phenoxy) is 2. The van der Waals surface area contributed by atoms with Crippen molar-refractivity contribution in [1.29, 1.82) is 0 Å². The molecule has 0 bridgehead atoms. The van der Waals surface area contributed by atoms with E-state index in [9.17, 15) is 4.79 Å². The van der Waals surface area contributed by atoms with E-state index in [1.54, 1.807) is 12.3 Å². The van der Waals surface area contributed by atoms with Gasteiger partial charge in [0.05, 0.1) is 18.3 Å². The average Bonchev–Trinajstić information content (AvgIpc) is 2.75. The highest BCUT2D eigenvalue weighted by Crippen LogP contribution is 2.28. The van der Waals surface area contributed by atoms with E-state index in [4.69, 9.17) is 9.47 Å². The third-order valence-electron chi connectivity index (χ3n) is 2.82. The molecule has 0 amide bonds. The third kappa shape index (κ3) is 3.45. The predicted octanol–water partition coefficient (Wildman–Crippen LogP) is 2.32. The molecule has 2 rings (SSSR count). The molecule has 1 saturated heterocycles. The Bertz CT molecular complexity index is 458. The van der Waals surface area contributed by atoms with Crippen LogP contribution in [-0.2, 0) is 9.47 Å². The summed E-state index contributed by atoms with van der Waals surface area (Å²) in [6, 6.07) is 0. The van der Waals surface area contributed by atoms with Crippen LogP contribution < -0.4 is 4.90 Å². The summed E-state index contributed by atoms with van der Waals surface area (Å²) < 4.78 is 10.8. The molecular weight excluding hydrogens is 264 g/mol. The van der Waals surface area contributed by atoms with Gasteiger partial charge in [0.25, 0.3) is 0 Å². The summed E-state index contributed by atoms with van der Waals surface area (Å²) in [5.41, 5.74) is 0.187. The summed E-state index contributed by atoms with van der Waals surface area (Å²) in [6.07, 6.45) is 0.152. The SMILES string of the molecule is CCOC(=O)c1csc(N2CC(C)OC(C)(C)C2)n1. The van der Waals surface area contributed by atoms with Crippen LogP contribution in [0.4, 0.5) is 5.13 Å². The number of carbonyl (C=O) groups excluding carboxylic acids is 1. The minimum Gasteiger partial charge on any atom is -0.461 e. The molecule has 2 heterocycles. The Hall–Kier alpha value is -1.14.